The van der Waals surface area contributed by atoms with Crippen LogP contribution in [-0.4, -0.2) is 41.9 Å². The average molecular weight is 329 g/mol. The SMILES string of the molecule is CCOc1cccc(CN2CCCC2CC(C)O)c1OC(F)F. The number of aliphatic hydroxyl groups is 1. The Morgan fingerprint density at radius 1 is 1.39 bits per heavy atom. The van der Waals surface area contributed by atoms with E-state index in [-0.39, 0.29) is 17.9 Å². The van der Waals surface area contributed by atoms with Crippen molar-refractivity contribution >= 4 is 0 Å². The highest BCUT2D eigenvalue weighted by molar-refractivity contribution is 5.46. The summed E-state index contributed by atoms with van der Waals surface area (Å²) in [5.41, 5.74) is 0.689. The zero-order valence-electron chi connectivity index (χ0n) is 13.7. The van der Waals surface area contributed by atoms with Gasteiger partial charge in [-0.1, -0.05) is 12.1 Å². The first-order valence-corrected chi connectivity index (χ1v) is 8.12. The minimum Gasteiger partial charge on any atom is -0.490 e. The number of alkyl halides is 2. The van der Waals surface area contributed by atoms with Gasteiger partial charge in [-0.05, 0) is 45.7 Å². The quantitative estimate of drug-likeness (QED) is 0.793. The van der Waals surface area contributed by atoms with Crippen LogP contribution in [0.3, 0.4) is 0 Å². The summed E-state index contributed by atoms with van der Waals surface area (Å²) >= 11 is 0. The van der Waals surface area contributed by atoms with E-state index >= 15 is 0 Å². The number of halogens is 2. The molecule has 1 fully saturated rings. The molecule has 1 saturated heterocycles. The number of ether oxygens (including phenoxy) is 2. The first-order chi connectivity index (χ1) is 11.0. The van der Waals surface area contributed by atoms with Crippen LogP contribution in [0.5, 0.6) is 11.5 Å². The van der Waals surface area contributed by atoms with Crippen LogP contribution in [0.25, 0.3) is 0 Å². The van der Waals surface area contributed by atoms with Crippen molar-refractivity contribution in [1.29, 1.82) is 0 Å². The smallest absolute Gasteiger partial charge is 0.387 e. The zero-order valence-corrected chi connectivity index (χ0v) is 13.7. The molecular weight excluding hydrogens is 304 g/mol. The van der Waals surface area contributed by atoms with Crippen molar-refractivity contribution in [2.45, 2.75) is 58.4 Å². The molecule has 1 aliphatic heterocycles. The Morgan fingerprint density at radius 2 is 2.17 bits per heavy atom. The summed E-state index contributed by atoms with van der Waals surface area (Å²) in [4.78, 5) is 2.22. The second kappa shape index (κ2) is 8.45. The molecule has 0 spiro atoms. The van der Waals surface area contributed by atoms with Gasteiger partial charge in [-0.15, -0.1) is 0 Å². The summed E-state index contributed by atoms with van der Waals surface area (Å²) in [7, 11) is 0. The van der Waals surface area contributed by atoms with Crippen molar-refractivity contribution < 1.29 is 23.4 Å². The van der Waals surface area contributed by atoms with Crippen molar-refractivity contribution in [2.24, 2.45) is 0 Å². The lowest BCUT2D eigenvalue weighted by Gasteiger charge is -2.26. The second-order valence-corrected chi connectivity index (χ2v) is 5.91. The van der Waals surface area contributed by atoms with E-state index in [1.165, 1.54) is 0 Å². The second-order valence-electron chi connectivity index (χ2n) is 5.91. The molecule has 4 nitrogen and oxygen atoms in total. The molecule has 2 unspecified atom stereocenters. The molecule has 1 aromatic rings. The standard InChI is InChI=1S/C17H25F2NO3/c1-3-22-15-8-4-6-13(16(15)23-17(18)19)11-20-9-5-7-14(20)10-12(2)21/h4,6,8,12,14,17,21H,3,5,7,9-11H2,1-2H3. The lowest BCUT2D eigenvalue weighted by molar-refractivity contribution is -0.0524. The number of aliphatic hydroxyl groups excluding tert-OH is 1. The van der Waals surface area contributed by atoms with Crippen LogP contribution < -0.4 is 9.47 Å². The van der Waals surface area contributed by atoms with Crippen LogP contribution in [0.2, 0.25) is 0 Å². The number of hydrogen-bond donors (Lipinski definition) is 1. The van der Waals surface area contributed by atoms with Gasteiger partial charge < -0.3 is 14.6 Å². The summed E-state index contributed by atoms with van der Waals surface area (Å²) in [6.45, 7) is 2.49. The van der Waals surface area contributed by atoms with Crippen molar-refractivity contribution in [2.75, 3.05) is 13.2 Å². The van der Waals surface area contributed by atoms with E-state index in [2.05, 4.69) is 4.90 Å². The Bertz CT molecular complexity index is 497. The van der Waals surface area contributed by atoms with Crippen LogP contribution in [0.15, 0.2) is 18.2 Å². The molecule has 1 N–H and O–H groups in total. The first-order valence-electron chi connectivity index (χ1n) is 8.12. The predicted octanol–water partition coefficient (Wildman–Crippen LogP) is 3.42. The van der Waals surface area contributed by atoms with Crippen LogP contribution in [-0.2, 0) is 6.54 Å². The molecule has 130 valence electrons. The highest BCUT2D eigenvalue weighted by atomic mass is 19.3. The van der Waals surface area contributed by atoms with Gasteiger partial charge in [0.2, 0.25) is 0 Å². The lowest BCUT2D eigenvalue weighted by Crippen LogP contribution is -2.31. The normalized spacial score (nSPS) is 20.0. The Kier molecular flexibility index (Phi) is 6.59. The molecule has 6 heteroatoms. The third kappa shape index (κ3) is 5.04. The van der Waals surface area contributed by atoms with Crippen LogP contribution >= 0.6 is 0 Å². The number of para-hydroxylation sites is 1. The maximum atomic E-state index is 12.8. The van der Waals surface area contributed by atoms with E-state index in [1.807, 2.05) is 0 Å². The van der Waals surface area contributed by atoms with Gasteiger partial charge in [-0.25, -0.2) is 0 Å². The van der Waals surface area contributed by atoms with Gasteiger partial charge in [0.15, 0.2) is 11.5 Å². The number of benzene rings is 1. The van der Waals surface area contributed by atoms with Crippen molar-refractivity contribution in [3.05, 3.63) is 23.8 Å². The topological polar surface area (TPSA) is 41.9 Å². The number of hydrogen-bond acceptors (Lipinski definition) is 4. The van der Waals surface area contributed by atoms with Gasteiger partial charge in [0.25, 0.3) is 0 Å². The summed E-state index contributed by atoms with van der Waals surface area (Å²) < 4.78 is 35.7. The predicted molar refractivity (Wildman–Crippen MR) is 84.0 cm³/mol. The zero-order chi connectivity index (χ0) is 16.8. The summed E-state index contributed by atoms with van der Waals surface area (Å²) in [5, 5.41) is 9.61. The van der Waals surface area contributed by atoms with Crippen LogP contribution in [0.4, 0.5) is 8.78 Å². The lowest BCUT2D eigenvalue weighted by atomic mass is 10.1. The molecule has 0 radical (unpaired) electrons. The third-order valence-corrected chi connectivity index (χ3v) is 4.05. The fourth-order valence-electron chi connectivity index (χ4n) is 3.16. The van der Waals surface area contributed by atoms with E-state index in [4.69, 9.17) is 9.47 Å². The third-order valence-electron chi connectivity index (χ3n) is 4.05. The summed E-state index contributed by atoms with van der Waals surface area (Å²) in [6.07, 6.45) is 2.39. The Labute approximate surface area is 136 Å². The molecule has 1 heterocycles. The number of rotatable bonds is 8. The number of likely N-dealkylation sites (tertiary alicyclic amines) is 1. The fraction of sp³-hybridized carbons (Fsp3) is 0.647. The first kappa shape index (κ1) is 17.9. The number of nitrogens with zero attached hydrogens (tertiary/aromatic N) is 1. The van der Waals surface area contributed by atoms with Crippen LogP contribution in [0, 0.1) is 0 Å². The Hall–Kier alpha value is -1.40. The summed E-state index contributed by atoms with van der Waals surface area (Å²) in [6, 6.07) is 5.49. The molecule has 2 atom stereocenters. The minimum atomic E-state index is -2.89. The van der Waals surface area contributed by atoms with E-state index in [0.29, 0.717) is 30.9 Å². The molecule has 23 heavy (non-hydrogen) atoms. The van der Waals surface area contributed by atoms with Crippen molar-refractivity contribution in [1.82, 2.24) is 4.90 Å². The molecule has 0 aliphatic carbocycles. The molecular formula is C17H25F2NO3. The monoisotopic (exact) mass is 329 g/mol. The van der Waals surface area contributed by atoms with E-state index in [0.717, 1.165) is 19.4 Å². The maximum Gasteiger partial charge on any atom is 0.387 e. The molecule has 0 aromatic heterocycles. The minimum absolute atomic E-state index is 0.118. The largest absolute Gasteiger partial charge is 0.490 e. The molecule has 0 bridgehead atoms. The van der Waals surface area contributed by atoms with Gasteiger partial charge in [0, 0.05) is 18.2 Å². The van der Waals surface area contributed by atoms with E-state index in [9.17, 15) is 13.9 Å². The highest BCUT2D eigenvalue weighted by Gasteiger charge is 2.27. The molecule has 2 rings (SSSR count). The molecule has 1 aliphatic rings. The molecule has 1 aromatic carbocycles. The van der Waals surface area contributed by atoms with Crippen molar-refractivity contribution in [3.8, 4) is 11.5 Å². The van der Waals surface area contributed by atoms with E-state index in [1.54, 1.807) is 32.0 Å². The van der Waals surface area contributed by atoms with Crippen molar-refractivity contribution in [3.63, 3.8) is 0 Å². The highest BCUT2D eigenvalue weighted by Crippen LogP contribution is 2.35. The maximum absolute atomic E-state index is 12.8. The fourth-order valence-corrected chi connectivity index (χ4v) is 3.16. The van der Waals surface area contributed by atoms with Gasteiger partial charge in [0.1, 0.15) is 0 Å². The Morgan fingerprint density at radius 3 is 2.83 bits per heavy atom. The van der Waals surface area contributed by atoms with Crippen LogP contribution in [0.1, 0.15) is 38.7 Å². The van der Waals surface area contributed by atoms with Gasteiger partial charge in [-0.2, -0.15) is 8.78 Å². The molecule has 0 saturated carbocycles. The van der Waals surface area contributed by atoms with E-state index < -0.39 is 6.61 Å². The summed E-state index contributed by atoms with van der Waals surface area (Å²) in [5.74, 6) is 0.462. The Balaban J connectivity index is 2.19. The van der Waals surface area contributed by atoms with Gasteiger partial charge >= 0.3 is 6.61 Å². The van der Waals surface area contributed by atoms with Gasteiger partial charge in [0.05, 0.1) is 12.7 Å². The molecule has 0 amide bonds. The van der Waals surface area contributed by atoms with Gasteiger partial charge in [-0.3, -0.25) is 4.90 Å². The average Bonchev–Trinajstić information content (AvgIpc) is 2.88.